The van der Waals surface area contributed by atoms with Crippen LogP contribution in [-0.4, -0.2) is 35.8 Å². The van der Waals surface area contributed by atoms with Gasteiger partial charge in [-0.15, -0.1) is 23.2 Å². The molecule has 0 aromatic heterocycles. The summed E-state index contributed by atoms with van der Waals surface area (Å²) in [6.45, 7) is 2.69. The third-order valence-corrected chi connectivity index (χ3v) is 4.84. The van der Waals surface area contributed by atoms with Crippen LogP contribution >= 0.6 is 23.2 Å². The van der Waals surface area contributed by atoms with Gasteiger partial charge in [0.15, 0.2) is 0 Å². The van der Waals surface area contributed by atoms with E-state index in [2.05, 4.69) is 41.4 Å². The Hall–Kier alpha value is -0.770. The molecule has 1 aliphatic carbocycles. The molecule has 1 amide bonds. The highest BCUT2D eigenvalue weighted by atomic mass is 35.5. The molecule has 0 radical (unpaired) electrons. The summed E-state index contributed by atoms with van der Waals surface area (Å²) < 4.78 is -0.861. The van der Waals surface area contributed by atoms with Gasteiger partial charge in [-0.25, -0.2) is 0 Å². The summed E-state index contributed by atoms with van der Waals surface area (Å²) in [4.78, 5) is 14.1. The summed E-state index contributed by atoms with van der Waals surface area (Å²) in [5.74, 6) is -0.330. The van der Waals surface area contributed by atoms with E-state index >= 15 is 0 Å². The number of alkyl halides is 2. The van der Waals surface area contributed by atoms with E-state index in [-0.39, 0.29) is 17.9 Å². The van der Waals surface area contributed by atoms with Crippen LogP contribution in [0.4, 0.5) is 0 Å². The minimum atomic E-state index is -0.861. The maximum Gasteiger partial charge on any atom is 0.226 e. The van der Waals surface area contributed by atoms with Crippen molar-refractivity contribution in [1.82, 2.24) is 10.2 Å². The lowest BCUT2D eigenvalue weighted by Crippen LogP contribution is -2.36. The standard InChI is InChI=1S/C16H22Cl2N2O/c1-4-11-5-7-12(8-6-11)14(20(2)3)10-19-15(21)13-9-16(13,17)18/h5-8,13-14H,4,9-10H2,1-3H3,(H,19,21). The molecule has 1 aliphatic rings. The summed E-state index contributed by atoms with van der Waals surface area (Å²) in [5.41, 5.74) is 2.50. The van der Waals surface area contributed by atoms with Crippen LogP contribution in [0.3, 0.4) is 0 Å². The number of rotatable bonds is 6. The van der Waals surface area contributed by atoms with E-state index < -0.39 is 4.33 Å². The van der Waals surface area contributed by atoms with Gasteiger partial charge in [-0.05, 0) is 38.1 Å². The summed E-state index contributed by atoms with van der Waals surface area (Å²) >= 11 is 11.8. The number of nitrogens with zero attached hydrogens (tertiary/aromatic N) is 1. The highest BCUT2D eigenvalue weighted by Gasteiger charge is 2.56. The molecule has 1 N–H and O–H groups in total. The molecule has 0 heterocycles. The first-order valence-corrected chi connectivity index (χ1v) is 8.01. The Morgan fingerprint density at radius 1 is 1.38 bits per heavy atom. The number of amides is 1. The van der Waals surface area contributed by atoms with Gasteiger partial charge in [0.05, 0.1) is 12.0 Å². The zero-order valence-electron chi connectivity index (χ0n) is 12.7. The molecular weight excluding hydrogens is 307 g/mol. The second kappa shape index (κ2) is 6.55. The van der Waals surface area contributed by atoms with Crippen molar-refractivity contribution in [2.75, 3.05) is 20.6 Å². The maximum absolute atomic E-state index is 12.0. The highest BCUT2D eigenvalue weighted by molar-refractivity contribution is 6.52. The van der Waals surface area contributed by atoms with Gasteiger partial charge in [0.1, 0.15) is 4.33 Å². The summed E-state index contributed by atoms with van der Waals surface area (Å²) in [7, 11) is 4.02. The van der Waals surface area contributed by atoms with Gasteiger partial charge in [-0.2, -0.15) is 0 Å². The van der Waals surface area contributed by atoms with Crippen LogP contribution < -0.4 is 5.32 Å². The molecular formula is C16H22Cl2N2O. The smallest absolute Gasteiger partial charge is 0.226 e. The summed E-state index contributed by atoms with van der Waals surface area (Å²) in [5, 5.41) is 2.96. The van der Waals surface area contributed by atoms with Gasteiger partial charge in [0.25, 0.3) is 0 Å². The number of likely N-dealkylation sites (N-methyl/N-ethyl adjacent to an activating group) is 1. The zero-order valence-corrected chi connectivity index (χ0v) is 14.2. The molecule has 1 saturated carbocycles. The number of benzene rings is 1. The van der Waals surface area contributed by atoms with Crippen LogP contribution in [0.1, 0.15) is 30.5 Å². The van der Waals surface area contributed by atoms with Crippen molar-refractivity contribution in [3.63, 3.8) is 0 Å². The number of aryl methyl sites for hydroxylation is 1. The van der Waals surface area contributed by atoms with Crippen LogP contribution in [0.25, 0.3) is 0 Å². The Morgan fingerprint density at radius 3 is 2.38 bits per heavy atom. The summed E-state index contributed by atoms with van der Waals surface area (Å²) in [6.07, 6.45) is 1.57. The third-order valence-electron chi connectivity index (χ3n) is 4.01. The van der Waals surface area contributed by atoms with E-state index in [1.165, 1.54) is 11.1 Å². The third kappa shape index (κ3) is 4.12. The Bertz CT molecular complexity index is 500. The molecule has 2 unspecified atom stereocenters. The number of halogens is 2. The van der Waals surface area contributed by atoms with Crippen molar-refractivity contribution in [1.29, 1.82) is 0 Å². The first-order chi connectivity index (χ1) is 9.85. The molecule has 1 aromatic rings. The minimum Gasteiger partial charge on any atom is -0.354 e. The molecule has 2 atom stereocenters. The molecule has 5 heteroatoms. The topological polar surface area (TPSA) is 32.3 Å². The van der Waals surface area contributed by atoms with Crippen molar-refractivity contribution < 1.29 is 4.79 Å². The largest absolute Gasteiger partial charge is 0.354 e. The number of carbonyl (C=O) groups excluding carboxylic acids is 1. The van der Waals surface area contributed by atoms with Crippen LogP contribution in [0.15, 0.2) is 24.3 Å². The number of hydrogen-bond acceptors (Lipinski definition) is 2. The number of hydrogen-bond donors (Lipinski definition) is 1. The van der Waals surface area contributed by atoms with E-state index in [1.807, 2.05) is 14.1 Å². The molecule has 2 rings (SSSR count). The molecule has 0 spiro atoms. The fourth-order valence-electron chi connectivity index (χ4n) is 2.39. The van der Waals surface area contributed by atoms with Crippen LogP contribution in [0.2, 0.25) is 0 Å². The predicted octanol–water partition coefficient (Wildman–Crippen LogP) is 3.16. The van der Waals surface area contributed by atoms with E-state index in [9.17, 15) is 4.79 Å². The second-order valence-corrected chi connectivity index (χ2v) is 7.38. The fourth-order valence-corrected chi connectivity index (χ4v) is 2.90. The van der Waals surface area contributed by atoms with E-state index in [4.69, 9.17) is 23.2 Å². The van der Waals surface area contributed by atoms with E-state index in [0.717, 1.165) is 6.42 Å². The summed E-state index contributed by atoms with van der Waals surface area (Å²) in [6, 6.07) is 8.66. The monoisotopic (exact) mass is 328 g/mol. The van der Waals surface area contributed by atoms with E-state index in [0.29, 0.717) is 13.0 Å². The SMILES string of the molecule is CCc1ccc(C(CNC(=O)C2CC2(Cl)Cl)N(C)C)cc1. The molecule has 116 valence electrons. The lowest BCUT2D eigenvalue weighted by atomic mass is 10.0. The fraction of sp³-hybridized carbons (Fsp3) is 0.562. The van der Waals surface area contributed by atoms with Crippen LogP contribution in [0.5, 0.6) is 0 Å². The highest BCUT2D eigenvalue weighted by Crippen LogP contribution is 2.53. The van der Waals surface area contributed by atoms with Crippen molar-refractivity contribution in [2.45, 2.75) is 30.1 Å². The Kier molecular flexibility index (Phi) is 5.18. The average Bonchev–Trinajstić information content (AvgIpc) is 3.08. The molecule has 3 nitrogen and oxygen atoms in total. The van der Waals surface area contributed by atoms with Gasteiger partial charge < -0.3 is 10.2 Å². The molecule has 0 saturated heterocycles. The van der Waals surface area contributed by atoms with Gasteiger partial charge >= 0.3 is 0 Å². The Balaban J connectivity index is 1.97. The zero-order chi connectivity index (χ0) is 15.6. The molecule has 21 heavy (non-hydrogen) atoms. The quantitative estimate of drug-likeness (QED) is 0.813. The maximum atomic E-state index is 12.0. The Labute approximate surface area is 136 Å². The van der Waals surface area contributed by atoms with Gasteiger partial charge in [0, 0.05) is 6.54 Å². The Morgan fingerprint density at radius 2 is 1.95 bits per heavy atom. The van der Waals surface area contributed by atoms with Crippen LogP contribution in [-0.2, 0) is 11.2 Å². The lowest BCUT2D eigenvalue weighted by Gasteiger charge is -2.25. The molecule has 0 aliphatic heterocycles. The van der Waals surface area contributed by atoms with E-state index in [1.54, 1.807) is 0 Å². The molecule has 0 bridgehead atoms. The first kappa shape index (κ1) is 16.6. The van der Waals surface area contributed by atoms with Gasteiger partial charge in [-0.1, -0.05) is 31.2 Å². The van der Waals surface area contributed by atoms with Crippen molar-refractivity contribution in [2.24, 2.45) is 5.92 Å². The van der Waals surface area contributed by atoms with Crippen LogP contribution in [0, 0.1) is 5.92 Å². The van der Waals surface area contributed by atoms with Gasteiger partial charge in [-0.3, -0.25) is 4.79 Å². The predicted molar refractivity (Wildman–Crippen MR) is 87.8 cm³/mol. The molecule has 1 aromatic carbocycles. The second-order valence-electron chi connectivity index (χ2n) is 5.84. The minimum absolute atomic E-state index is 0.0583. The average molecular weight is 329 g/mol. The van der Waals surface area contributed by atoms with Gasteiger partial charge in [0.2, 0.25) is 5.91 Å². The number of nitrogens with one attached hydrogen (secondary N) is 1. The number of carbonyl (C=O) groups is 1. The van der Waals surface area contributed by atoms with Crippen molar-refractivity contribution in [3.05, 3.63) is 35.4 Å². The normalized spacial score (nSPS) is 21.1. The van der Waals surface area contributed by atoms with Crippen molar-refractivity contribution in [3.8, 4) is 0 Å². The van der Waals surface area contributed by atoms with Crippen molar-refractivity contribution >= 4 is 29.1 Å². The first-order valence-electron chi connectivity index (χ1n) is 7.26. The lowest BCUT2D eigenvalue weighted by molar-refractivity contribution is -0.122. The molecule has 1 fully saturated rings.